The molecule has 0 unspecified atom stereocenters. The van der Waals surface area contributed by atoms with Gasteiger partial charge >= 0.3 is 0 Å². The van der Waals surface area contributed by atoms with E-state index in [4.69, 9.17) is 26.8 Å². The highest BCUT2D eigenvalue weighted by molar-refractivity contribution is 6.32. The molecule has 0 aliphatic rings. The summed E-state index contributed by atoms with van der Waals surface area (Å²) >= 11 is 6.13. The van der Waals surface area contributed by atoms with Crippen molar-refractivity contribution >= 4 is 29.9 Å². The van der Waals surface area contributed by atoms with Gasteiger partial charge in [0.2, 0.25) is 5.91 Å². The van der Waals surface area contributed by atoms with Crippen molar-refractivity contribution in [2.45, 2.75) is 26.4 Å². The van der Waals surface area contributed by atoms with Crippen molar-refractivity contribution in [2.75, 3.05) is 13.7 Å². The van der Waals surface area contributed by atoms with Gasteiger partial charge in [0.25, 0.3) is 0 Å². The molecule has 1 amide bonds. The second kappa shape index (κ2) is 8.89. The van der Waals surface area contributed by atoms with Gasteiger partial charge in [-0.05, 0) is 31.5 Å². The first kappa shape index (κ1) is 18.8. The number of carbonyl (C=O) groups is 1. The summed E-state index contributed by atoms with van der Waals surface area (Å²) < 4.78 is 10.6. The molecule has 0 fully saturated rings. The molecule has 20 heavy (non-hydrogen) atoms. The van der Waals surface area contributed by atoms with Crippen LogP contribution in [-0.2, 0) is 11.3 Å². The molecule has 0 saturated heterocycles. The van der Waals surface area contributed by atoms with Crippen LogP contribution in [0, 0.1) is 0 Å². The topological polar surface area (TPSA) is 73.6 Å². The minimum absolute atomic E-state index is 0. The van der Waals surface area contributed by atoms with Crippen LogP contribution in [0.25, 0.3) is 0 Å². The molecule has 0 aliphatic carbocycles. The molecule has 1 atom stereocenters. The first-order chi connectivity index (χ1) is 8.99. The number of nitrogens with two attached hydrogens (primary N) is 1. The number of nitrogens with one attached hydrogen (secondary N) is 1. The lowest BCUT2D eigenvalue weighted by atomic mass is 10.2. The van der Waals surface area contributed by atoms with Gasteiger partial charge in [-0.1, -0.05) is 11.6 Å². The number of ether oxygens (including phenoxy) is 2. The molecule has 1 aromatic rings. The van der Waals surface area contributed by atoms with Crippen LogP contribution in [0.2, 0.25) is 5.02 Å². The van der Waals surface area contributed by atoms with Crippen molar-refractivity contribution < 1.29 is 14.3 Å². The quantitative estimate of drug-likeness (QED) is 0.841. The van der Waals surface area contributed by atoms with Gasteiger partial charge in [0, 0.05) is 6.54 Å². The molecule has 0 saturated carbocycles. The molecule has 0 radical (unpaired) electrons. The van der Waals surface area contributed by atoms with Crippen LogP contribution in [0.3, 0.4) is 0 Å². The van der Waals surface area contributed by atoms with Crippen LogP contribution in [0.4, 0.5) is 0 Å². The molecule has 0 aliphatic heterocycles. The number of rotatable bonds is 6. The van der Waals surface area contributed by atoms with Crippen LogP contribution < -0.4 is 20.5 Å². The number of methoxy groups -OCH3 is 1. The zero-order valence-electron chi connectivity index (χ0n) is 11.7. The second-order valence-electron chi connectivity index (χ2n) is 4.05. The molecule has 0 bridgehead atoms. The monoisotopic (exact) mass is 322 g/mol. The molecule has 7 heteroatoms. The van der Waals surface area contributed by atoms with E-state index < -0.39 is 6.04 Å². The Morgan fingerprint density at radius 3 is 2.65 bits per heavy atom. The summed E-state index contributed by atoms with van der Waals surface area (Å²) in [7, 11) is 1.54. The van der Waals surface area contributed by atoms with E-state index in [1.807, 2.05) is 6.92 Å². The third kappa shape index (κ3) is 5.07. The summed E-state index contributed by atoms with van der Waals surface area (Å²) in [5.74, 6) is 0.831. The maximum atomic E-state index is 11.4. The standard InChI is InChI=1S/C13H19ClN2O3.ClH/c1-4-19-12-10(14)5-9(6-11(12)18-3)7-16-13(17)8(2)15;/h5-6,8H,4,7,15H2,1-3H3,(H,16,17);1H/t8-;/m0./s1. The Labute approximate surface area is 130 Å². The Morgan fingerprint density at radius 1 is 1.50 bits per heavy atom. The van der Waals surface area contributed by atoms with Crippen LogP contribution in [0.1, 0.15) is 19.4 Å². The van der Waals surface area contributed by atoms with E-state index in [1.165, 1.54) is 0 Å². The average Bonchev–Trinajstić information content (AvgIpc) is 2.38. The van der Waals surface area contributed by atoms with E-state index in [2.05, 4.69) is 5.32 Å². The molecule has 5 nitrogen and oxygen atoms in total. The van der Waals surface area contributed by atoms with Crippen molar-refractivity contribution in [2.24, 2.45) is 5.73 Å². The Bertz CT molecular complexity index is 453. The third-order valence-corrected chi connectivity index (χ3v) is 2.74. The minimum atomic E-state index is -0.542. The van der Waals surface area contributed by atoms with Crippen molar-refractivity contribution in [1.29, 1.82) is 0 Å². The SMILES string of the molecule is CCOc1c(Cl)cc(CNC(=O)[C@H](C)N)cc1OC.Cl. The summed E-state index contributed by atoms with van der Waals surface area (Å²) in [5, 5.41) is 3.16. The maximum absolute atomic E-state index is 11.4. The fourth-order valence-electron chi connectivity index (χ4n) is 1.51. The van der Waals surface area contributed by atoms with Crippen LogP contribution in [0.5, 0.6) is 11.5 Å². The molecule has 0 heterocycles. The lowest BCUT2D eigenvalue weighted by molar-refractivity contribution is -0.122. The normalized spacial score (nSPS) is 11.2. The lowest BCUT2D eigenvalue weighted by Crippen LogP contribution is -2.37. The van der Waals surface area contributed by atoms with Gasteiger partial charge in [-0.25, -0.2) is 0 Å². The lowest BCUT2D eigenvalue weighted by Gasteiger charge is -2.14. The minimum Gasteiger partial charge on any atom is -0.493 e. The zero-order chi connectivity index (χ0) is 14.4. The van der Waals surface area contributed by atoms with Gasteiger partial charge in [0.15, 0.2) is 11.5 Å². The first-order valence-electron chi connectivity index (χ1n) is 6.02. The van der Waals surface area contributed by atoms with Gasteiger partial charge in [0.1, 0.15) is 0 Å². The highest BCUT2D eigenvalue weighted by Crippen LogP contribution is 2.36. The van der Waals surface area contributed by atoms with Crippen molar-refractivity contribution in [1.82, 2.24) is 5.32 Å². The summed E-state index contributed by atoms with van der Waals surface area (Å²) in [4.78, 5) is 11.4. The van der Waals surface area contributed by atoms with Gasteiger partial charge in [-0.2, -0.15) is 0 Å². The zero-order valence-corrected chi connectivity index (χ0v) is 13.3. The summed E-state index contributed by atoms with van der Waals surface area (Å²) in [6.45, 7) is 4.33. The van der Waals surface area contributed by atoms with E-state index in [9.17, 15) is 4.79 Å². The Kier molecular flexibility index (Phi) is 8.37. The number of benzene rings is 1. The molecule has 1 rings (SSSR count). The van der Waals surface area contributed by atoms with Crippen molar-refractivity contribution in [3.8, 4) is 11.5 Å². The van der Waals surface area contributed by atoms with Gasteiger partial charge < -0.3 is 20.5 Å². The van der Waals surface area contributed by atoms with E-state index in [0.29, 0.717) is 29.7 Å². The van der Waals surface area contributed by atoms with Crippen molar-refractivity contribution in [3.63, 3.8) is 0 Å². The van der Waals surface area contributed by atoms with Gasteiger partial charge in [-0.3, -0.25) is 4.79 Å². The Hall–Kier alpha value is -1.17. The molecular formula is C13H20Cl2N2O3. The van der Waals surface area contributed by atoms with Crippen LogP contribution in [0.15, 0.2) is 12.1 Å². The predicted molar refractivity (Wildman–Crippen MR) is 81.9 cm³/mol. The van der Waals surface area contributed by atoms with E-state index in [0.717, 1.165) is 5.56 Å². The Balaban J connectivity index is 0.00000361. The van der Waals surface area contributed by atoms with E-state index >= 15 is 0 Å². The number of hydrogen-bond donors (Lipinski definition) is 2. The number of amides is 1. The molecular weight excluding hydrogens is 303 g/mol. The smallest absolute Gasteiger partial charge is 0.236 e. The highest BCUT2D eigenvalue weighted by Gasteiger charge is 2.13. The summed E-state index contributed by atoms with van der Waals surface area (Å²) in [5.41, 5.74) is 6.29. The predicted octanol–water partition coefficient (Wildman–Crippen LogP) is 2.13. The molecule has 3 N–H and O–H groups in total. The highest BCUT2D eigenvalue weighted by atomic mass is 35.5. The number of carbonyl (C=O) groups excluding carboxylic acids is 1. The fourth-order valence-corrected chi connectivity index (χ4v) is 1.80. The third-order valence-electron chi connectivity index (χ3n) is 2.46. The maximum Gasteiger partial charge on any atom is 0.236 e. The molecule has 0 spiro atoms. The van der Waals surface area contributed by atoms with Crippen LogP contribution in [-0.4, -0.2) is 25.7 Å². The Morgan fingerprint density at radius 2 is 2.15 bits per heavy atom. The van der Waals surface area contributed by atoms with E-state index in [-0.39, 0.29) is 18.3 Å². The molecule has 0 aromatic heterocycles. The fraction of sp³-hybridized carbons (Fsp3) is 0.462. The van der Waals surface area contributed by atoms with E-state index in [1.54, 1.807) is 26.2 Å². The first-order valence-corrected chi connectivity index (χ1v) is 6.39. The second-order valence-corrected chi connectivity index (χ2v) is 4.46. The van der Waals surface area contributed by atoms with Gasteiger partial charge in [-0.15, -0.1) is 12.4 Å². The van der Waals surface area contributed by atoms with Crippen molar-refractivity contribution in [3.05, 3.63) is 22.7 Å². The molecule has 1 aromatic carbocycles. The average molecular weight is 323 g/mol. The van der Waals surface area contributed by atoms with Crippen LogP contribution >= 0.6 is 24.0 Å². The number of hydrogen-bond acceptors (Lipinski definition) is 4. The van der Waals surface area contributed by atoms with Gasteiger partial charge in [0.05, 0.1) is 24.8 Å². The number of halogens is 2. The largest absolute Gasteiger partial charge is 0.493 e. The molecule has 114 valence electrons. The summed E-state index contributed by atoms with van der Waals surface area (Å²) in [6.07, 6.45) is 0. The summed E-state index contributed by atoms with van der Waals surface area (Å²) in [6, 6.07) is 2.97.